The van der Waals surface area contributed by atoms with Gasteiger partial charge in [0.25, 0.3) is 0 Å². The number of likely N-dealkylation sites (N-methyl/N-ethyl adjacent to an activating group) is 1. The maximum atomic E-state index is 11.7. The number of nitrogens with zero attached hydrogens (tertiary/aromatic N) is 1. The van der Waals surface area contributed by atoms with Crippen LogP contribution in [0.15, 0.2) is 0 Å². The Bertz CT molecular complexity index is 178. The monoisotopic (exact) mass is 202 g/mol. The van der Waals surface area contributed by atoms with Crippen LogP contribution >= 0.6 is 11.8 Å². The average Bonchev–Trinajstić information content (AvgIpc) is 2.58. The van der Waals surface area contributed by atoms with Crippen molar-refractivity contribution in [2.24, 2.45) is 5.73 Å². The van der Waals surface area contributed by atoms with Crippen molar-refractivity contribution in [1.82, 2.24) is 4.90 Å². The molecule has 0 aromatic rings. The van der Waals surface area contributed by atoms with Gasteiger partial charge in [0.15, 0.2) is 0 Å². The number of carbonyl (C=O) groups is 1. The molecule has 0 bridgehead atoms. The SMILES string of the molecule is CCN(C(=O)[C@@H](C)N)[C@@H]1CCSC1. The first-order valence-corrected chi connectivity index (χ1v) is 5.96. The van der Waals surface area contributed by atoms with Gasteiger partial charge in [-0.15, -0.1) is 0 Å². The molecule has 1 amide bonds. The quantitative estimate of drug-likeness (QED) is 0.732. The second kappa shape index (κ2) is 4.86. The van der Waals surface area contributed by atoms with Crippen LogP contribution in [-0.2, 0) is 4.79 Å². The third-order valence-electron chi connectivity index (χ3n) is 2.36. The molecule has 13 heavy (non-hydrogen) atoms. The molecule has 1 rings (SSSR count). The van der Waals surface area contributed by atoms with Crippen LogP contribution in [0, 0.1) is 0 Å². The van der Waals surface area contributed by atoms with Gasteiger partial charge >= 0.3 is 0 Å². The first kappa shape index (κ1) is 10.9. The summed E-state index contributed by atoms with van der Waals surface area (Å²) >= 11 is 1.92. The van der Waals surface area contributed by atoms with E-state index < -0.39 is 0 Å². The van der Waals surface area contributed by atoms with Gasteiger partial charge in [-0.05, 0) is 26.0 Å². The minimum Gasteiger partial charge on any atom is -0.338 e. The first-order chi connectivity index (χ1) is 6.16. The molecule has 0 spiro atoms. The van der Waals surface area contributed by atoms with Crippen LogP contribution in [0.3, 0.4) is 0 Å². The normalized spacial score (nSPS) is 24.4. The number of thioether (sulfide) groups is 1. The highest BCUT2D eigenvalue weighted by Crippen LogP contribution is 2.22. The van der Waals surface area contributed by atoms with Gasteiger partial charge in [0, 0.05) is 18.3 Å². The summed E-state index contributed by atoms with van der Waals surface area (Å²) in [5.41, 5.74) is 5.58. The fraction of sp³-hybridized carbons (Fsp3) is 0.889. The molecule has 4 heteroatoms. The van der Waals surface area contributed by atoms with Crippen molar-refractivity contribution >= 4 is 17.7 Å². The van der Waals surface area contributed by atoms with Crippen LogP contribution in [0.4, 0.5) is 0 Å². The molecule has 1 aliphatic heterocycles. The fourth-order valence-electron chi connectivity index (χ4n) is 1.62. The van der Waals surface area contributed by atoms with E-state index in [1.165, 1.54) is 5.75 Å². The van der Waals surface area contributed by atoms with Crippen molar-refractivity contribution in [2.75, 3.05) is 18.1 Å². The molecule has 0 unspecified atom stereocenters. The van der Waals surface area contributed by atoms with E-state index in [0.29, 0.717) is 6.04 Å². The van der Waals surface area contributed by atoms with Gasteiger partial charge in [0.1, 0.15) is 0 Å². The molecule has 2 N–H and O–H groups in total. The van der Waals surface area contributed by atoms with Crippen molar-refractivity contribution in [3.05, 3.63) is 0 Å². The Kier molecular flexibility index (Phi) is 4.06. The van der Waals surface area contributed by atoms with Gasteiger partial charge in [0.05, 0.1) is 6.04 Å². The predicted octanol–water partition coefficient (Wildman–Crippen LogP) is 0.688. The van der Waals surface area contributed by atoms with E-state index in [2.05, 4.69) is 0 Å². The summed E-state index contributed by atoms with van der Waals surface area (Å²) in [6.45, 7) is 4.56. The summed E-state index contributed by atoms with van der Waals surface area (Å²) in [5, 5.41) is 0. The lowest BCUT2D eigenvalue weighted by molar-refractivity contribution is -0.133. The van der Waals surface area contributed by atoms with E-state index in [0.717, 1.165) is 18.7 Å². The third-order valence-corrected chi connectivity index (χ3v) is 3.50. The lowest BCUT2D eigenvalue weighted by Gasteiger charge is -2.28. The first-order valence-electron chi connectivity index (χ1n) is 4.80. The van der Waals surface area contributed by atoms with E-state index in [-0.39, 0.29) is 11.9 Å². The Balaban J connectivity index is 2.55. The molecule has 3 nitrogen and oxygen atoms in total. The van der Waals surface area contributed by atoms with Gasteiger partial charge in [-0.3, -0.25) is 4.79 Å². The van der Waals surface area contributed by atoms with Gasteiger partial charge in [-0.1, -0.05) is 0 Å². The summed E-state index contributed by atoms with van der Waals surface area (Å²) in [4.78, 5) is 13.6. The summed E-state index contributed by atoms with van der Waals surface area (Å²) in [6.07, 6.45) is 1.12. The van der Waals surface area contributed by atoms with Gasteiger partial charge in [0.2, 0.25) is 5.91 Å². The smallest absolute Gasteiger partial charge is 0.239 e. The topological polar surface area (TPSA) is 46.3 Å². The molecule has 0 radical (unpaired) electrons. The Morgan fingerprint density at radius 2 is 2.46 bits per heavy atom. The molecule has 1 fully saturated rings. The van der Waals surface area contributed by atoms with Gasteiger partial charge in [-0.2, -0.15) is 11.8 Å². The second-order valence-corrected chi connectivity index (χ2v) is 4.58. The molecule has 0 aromatic carbocycles. The number of hydrogen-bond acceptors (Lipinski definition) is 3. The molecule has 1 aliphatic rings. The zero-order valence-corrected chi connectivity index (χ0v) is 9.14. The zero-order valence-electron chi connectivity index (χ0n) is 8.32. The van der Waals surface area contributed by atoms with Gasteiger partial charge < -0.3 is 10.6 Å². The van der Waals surface area contributed by atoms with Crippen molar-refractivity contribution in [1.29, 1.82) is 0 Å². The molecule has 1 heterocycles. The maximum absolute atomic E-state index is 11.7. The summed E-state index contributed by atoms with van der Waals surface area (Å²) in [7, 11) is 0. The zero-order chi connectivity index (χ0) is 9.84. The van der Waals surface area contributed by atoms with Gasteiger partial charge in [-0.25, -0.2) is 0 Å². The summed E-state index contributed by atoms with van der Waals surface area (Å²) in [6, 6.07) is 0.0686. The standard InChI is InChI=1S/C9H18N2OS/c1-3-11(9(12)7(2)10)8-4-5-13-6-8/h7-8H,3-6,10H2,1-2H3/t7-,8-/m1/s1. The lowest BCUT2D eigenvalue weighted by Crippen LogP contribution is -2.47. The molecule has 1 saturated heterocycles. The Labute approximate surface area is 84.0 Å². The Hall–Kier alpha value is -0.220. The van der Waals surface area contributed by atoms with Crippen LogP contribution in [0.25, 0.3) is 0 Å². The van der Waals surface area contributed by atoms with Crippen molar-refractivity contribution in [2.45, 2.75) is 32.4 Å². The Morgan fingerprint density at radius 3 is 2.85 bits per heavy atom. The van der Waals surface area contributed by atoms with Crippen molar-refractivity contribution in [3.63, 3.8) is 0 Å². The minimum atomic E-state index is -0.356. The van der Waals surface area contributed by atoms with Crippen LogP contribution in [0.1, 0.15) is 20.3 Å². The molecule has 76 valence electrons. The van der Waals surface area contributed by atoms with E-state index in [1.54, 1.807) is 6.92 Å². The average molecular weight is 202 g/mol. The van der Waals surface area contributed by atoms with E-state index in [1.807, 2.05) is 23.6 Å². The molecule has 2 atom stereocenters. The highest BCUT2D eigenvalue weighted by Gasteiger charge is 2.26. The van der Waals surface area contributed by atoms with E-state index >= 15 is 0 Å². The molecular weight excluding hydrogens is 184 g/mol. The van der Waals surface area contributed by atoms with E-state index in [4.69, 9.17) is 5.73 Å². The van der Waals surface area contributed by atoms with Crippen molar-refractivity contribution < 1.29 is 4.79 Å². The number of carbonyl (C=O) groups excluding carboxylic acids is 1. The highest BCUT2D eigenvalue weighted by atomic mass is 32.2. The number of amides is 1. The molecule has 0 saturated carbocycles. The highest BCUT2D eigenvalue weighted by molar-refractivity contribution is 7.99. The van der Waals surface area contributed by atoms with Crippen LogP contribution in [0.2, 0.25) is 0 Å². The third kappa shape index (κ3) is 2.61. The molecular formula is C9H18N2OS. The predicted molar refractivity (Wildman–Crippen MR) is 56.8 cm³/mol. The number of nitrogens with two attached hydrogens (primary N) is 1. The second-order valence-electron chi connectivity index (χ2n) is 3.43. The fourth-order valence-corrected chi connectivity index (χ4v) is 2.85. The molecule has 0 aliphatic carbocycles. The maximum Gasteiger partial charge on any atom is 0.239 e. The van der Waals surface area contributed by atoms with Crippen molar-refractivity contribution in [3.8, 4) is 0 Å². The van der Waals surface area contributed by atoms with Crippen LogP contribution in [-0.4, -0.2) is 40.9 Å². The largest absolute Gasteiger partial charge is 0.338 e. The number of hydrogen-bond donors (Lipinski definition) is 1. The number of rotatable bonds is 3. The molecule has 0 aromatic heterocycles. The van der Waals surface area contributed by atoms with E-state index in [9.17, 15) is 4.79 Å². The van der Waals surface area contributed by atoms with Crippen LogP contribution < -0.4 is 5.73 Å². The Morgan fingerprint density at radius 1 is 1.77 bits per heavy atom. The lowest BCUT2D eigenvalue weighted by atomic mass is 10.2. The summed E-state index contributed by atoms with van der Waals surface area (Å²) in [5.74, 6) is 2.34. The van der Waals surface area contributed by atoms with Crippen LogP contribution in [0.5, 0.6) is 0 Å². The summed E-state index contributed by atoms with van der Waals surface area (Å²) < 4.78 is 0. The minimum absolute atomic E-state index is 0.0926.